The molecular weight excluding hydrogens is 522 g/mol. The molecule has 0 bridgehead atoms. The van der Waals surface area contributed by atoms with Crippen LogP contribution >= 0.6 is 22.7 Å². The number of aliphatic hydroxyl groups excluding tert-OH is 1. The van der Waals surface area contributed by atoms with Crippen molar-refractivity contribution in [3.05, 3.63) is 98.2 Å². The SMILES string of the molecule is C=CCOC(=O)c1sc(N2C(=O)C(O)=C(C(=O)c3sc(C)nc3C)C2c2cccc3ccccc23)nc1C. The molecule has 38 heavy (non-hydrogen) atoms. The molecule has 0 saturated carbocycles. The zero-order valence-electron chi connectivity index (χ0n) is 20.8. The van der Waals surface area contributed by atoms with E-state index in [9.17, 15) is 19.5 Å². The van der Waals surface area contributed by atoms with E-state index in [-0.39, 0.29) is 22.2 Å². The molecule has 1 unspecified atom stereocenters. The van der Waals surface area contributed by atoms with Crippen LogP contribution in [0, 0.1) is 20.8 Å². The first-order chi connectivity index (χ1) is 18.2. The van der Waals surface area contributed by atoms with Gasteiger partial charge in [-0.15, -0.1) is 11.3 Å². The van der Waals surface area contributed by atoms with Crippen LogP contribution in [0.4, 0.5) is 5.13 Å². The molecule has 1 atom stereocenters. The number of carbonyl (C=O) groups is 3. The number of esters is 1. The van der Waals surface area contributed by atoms with Gasteiger partial charge in [0.15, 0.2) is 10.9 Å². The van der Waals surface area contributed by atoms with Gasteiger partial charge in [-0.1, -0.05) is 66.5 Å². The summed E-state index contributed by atoms with van der Waals surface area (Å²) in [4.78, 5) is 50.8. The van der Waals surface area contributed by atoms with Gasteiger partial charge in [0.25, 0.3) is 5.91 Å². The Kier molecular flexibility index (Phi) is 6.68. The highest BCUT2D eigenvalue weighted by Crippen LogP contribution is 2.46. The van der Waals surface area contributed by atoms with E-state index >= 15 is 0 Å². The highest BCUT2D eigenvalue weighted by Gasteiger charge is 2.47. The molecule has 1 amide bonds. The third kappa shape index (κ3) is 4.21. The van der Waals surface area contributed by atoms with Gasteiger partial charge in [-0.25, -0.2) is 14.8 Å². The standard InChI is InChI=1S/C28H23N3O5S2/c1-5-13-36-27(35)25-15(3)30-28(38-25)31-21(19-12-8-10-17-9-6-7-11-18(17)19)20(23(33)26(31)34)22(32)24-14(2)29-16(4)37-24/h5-12,21,33H,1,13H2,2-4H3. The van der Waals surface area contributed by atoms with Crippen LogP contribution in [0.5, 0.6) is 0 Å². The molecule has 2 aromatic carbocycles. The van der Waals surface area contributed by atoms with Crippen LogP contribution in [0.1, 0.15) is 47.3 Å². The van der Waals surface area contributed by atoms with Gasteiger partial charge < -0.3 is 9.84 Å². The van der Waals surface area contributed by atoms with Crippen molar-refractivity contribution in [2.75, 3.05) is 11.5 Å². The van der Waals surface area contributed by atoms with Crippen molar-refractivity contribution in [1.82, 2.24) is 9.97 Å². The van der Waals surface area contributed by atoms with E-state index in [1.54, 1.807) is 20.8 Å². The lowest BCUT2D eigenvalue weighted by atomic mass is 9.91. The van der Waals surface area contributed by atoms with Crippen molar-refractivity contribution >= 4 is 56.2 Å². The molecule has 4 aromatic rings. The molecule has 2 aromatic heterocycles. The number of Topliss-reactive ketones (excluding diaryl/α,β-unsaturated/α-hetero) is 1. The van der Waals surface area contributed by atoms with Gasteiger partial charge in [0.05, 0.1) is 32.9 Å². The topological polar surface area (TPSA) is 110 Å². The lowest BCUT2D eigenvalue weighted by Gasteiger charge is -2.25. The zero-order chi connectivity index (χ0) is 27.1. The van der Waals surface area contributed by atoms with Crippen molar-refractivity contribution in [2.45, 2.75) is 26.8 Å². The minimum atomic E-state index is -0.981. The summed E-state index contributed by atoms with van der Waals surface area (Å²) in [7, 11) is 0. The summed E-state index contributed by atoms with van der Waals surface area (Å²) in [6.07, 6.45) is 1.46. The normalized spacial score (nSPS) is 15.4. The van der Waals surface area contributed by atoms with Crippen LogP contribution in [0.3, 0.4) is 0 Å². The van der Waals surface area contributed by atoms with Crippen LogP contribution in [0.15, 0.2) is 66.5 Å². The number of aryl methyl sites for hydroxylation is 3. The molecule has 1 N–H and O–H groups in total. The van der Waals surface area contributed by atoms with E-state index in [2.05, 4.69) is 16.5 Å². The number of fused-ring (bicyclic) bond motifs is 1. The second-order valence-corrected chi connectivity index (χ2v) is 10.9. The number of amides is 1. The fourth-order valence-electron chi connectivity index (χ4n) is 4.56. The number of hydrogen-bond donors (Lipinski definition) is 1. The first-order valence-corrected chi connectivity index (χ1v) is 13.3. The van der Waals surface area contributed by atoms with Gasteiger partial charge in [0.1, 0.15) is 11.5 Å². The summed E-state index contributed by atoms with van der Waals surface area (Å²) in [6.45, 7) is 8.74. The number of benzene rings is 2. The molecule has 0 radical (unpaired) electrons. The van der Waals surface area contributed by atoms with Crippen molar-refractivity contribution in [2.24, 2.45) is 0 Å². The quantitative estimate of drug-likeness (QED) is 0.177. The molecule has 0 aliphatic carbocycles. The molecule has 0 fully saturated rings. The number of thiazole rings is 2. The third-order valence-electron chi connectivity index (χ3n) is 6.19. The highest BCUT2D eigenvalue weighted by atomic mass is 32.1. The predicted octanol–water partition coefficient (Wildman–Crippen LogP) is 5.80. The molecule has 0 spiro atoms. The number of aliphatic hydroxyl groups is 1. The van der Waals surface area contributed by atoms with Gasteiger partial charge in [0.2, 0.25) is 5.78 Å². The van der Waals surface area contributed by atoms with Gasteiger partial charge in [0, 0.05) is 0 Å². The summed E-state index contributed by atoms with van der Waals surface area (Å²) in [5, 5.41) is 13.7. The van der Waals surface area contributed by atoms with Crippen LogP contribution in [0.2, 0.25) is 0 Å². The largest absolute Gasteiger partial charge is 0.503 e. The minimum absolute atomic E-state index is 0.0292. The highest BCUT2D eigenvalue weighted by molar-refractivity contribution is 7.17. The fraction of sp³-hybridized carbons (Fsp3) is 0.179. The van der Waals surface area contributed by atoms with Crippen molar-refractivity contribution in [1.29, 1.82) is 0 Å². The molecule has 0 saturated heterocycles. The Balaban J connectivity index is 1.70. The van der Waals surface area contributed by atoms with Gasteiger partial charge in [-0.2, -0.15) is 0 Å². The molecule has 5 rings (SSSR count). The summed E-state index contributed by atoms with van der Waals surface area (Å²) in [5.41, 5.74) is 1.49. The number of rotatable bonds is 7. The summed E-state index contributed by atoms with van der Waals surface area (Å²) < 4.78 is 5.17. The van der Waals surface area contributed by atoms with Crippen LogP contribution in [-0.2, 0) is 9.53 Å². The van der Waals surface area contributed by atoms with Crippen LogP contribution < -0.4 is 4.90 Å². The number of aromatic nitrogens is 2. The minimum Gasteiger partial charge on any atom is -0.503 e. The smallest absolute Gasteiger partial charge is 0.350 e. The molecule has 8 nitrogen and oxygen atoms in total. The van der Waals surface area contributed by atoms with Gasteiger partial charge in [-0.3, -0.25) is 14.5 Å². The lowest BCUT2D eigenvalue weighted by molar-refractivity contribution is -0.117. The van der Waals surface area contributed by atoms with E-state index in [0.717, 1.165) is 22.1 Å². The maximum absolute atomic E-state index is 13.9. The van der Waals surface area contributed by atoms with Crippen LogP contribution in [0.25, 0.3) is 10.8 Å². The zero-order valence-corrected chi connectivity index (χ0v) is 22.5. The molecule has 192 valence electrons. The summed E-state index contributed by atoms with van der Waals surface area (Å²) >= 11 is 2.18. The van der Waals surface area contributed by atoms with Crippen molar-refractivity contribution in [3.8, 4) is 0 Å². The lowest BCUT2D eigenvalue weighted by Crippen LogP contribution is -2.31. The van der Waals surface area contributed by atoms with Gasteiger partial charge in [-0.05, 0) is 37.1 Å². The first kappa shape index (κ1) is 25.5. The van der Waals surface area contributed by atoms with Crippen molar-refractivity contribution in [3.63, 3.8) is 0 Å². The number of hydrogen-bond acceptors (Lipinski definition) is 9. The van der Waals surface area contributed by atoms with Gasteiger partial charge >= 0.3 is 5.97 Å². The number of anilines is 1. The average molecular weight is 546 g/mol. The molecule has 3 heterocycles. The average Bonchev–Trinajstić information content (AvgIpc) is 3.54. The van der Waals surface area contributed by atoms with E-state index in [1.807, 2.05) is 42.5 Å². The van der Waals surface area contributed by atoms with Crippen molar-refractivity contribution < 1.29 is 24.2 Å². The molecular formula is C28H23N3O5S2. The Hall–Kier alpha value is -4.15. The van der Waals surface area contributed by atoms with Crippen LogP contribution in [-0.4, -0.2) is 39.3 Å². The van der Waals surface area contributed by atoms with E-state index in [4.69, 9.17) is 4.74 Å². The maximum atomic E-state index is 13.9. The maximum Gasteiger partial charge on any atom is 0.350 e. The monoisotopic (exact) mass is 545 g/mol. The Labute approximate surface area is 226 Å². The molecule has 1 aliphatic rings. The number of ketones is 1. The number of carbonyl (C=O) groups excluding carboxylic acids is 3. The number of nitrogens with zero attached hydrogens (tertiary/aromatic N) is 3. The Morgan fingerprint density at radius 1 is 1.05 bits per heavy atom. The van der Waals surface area contributed by atoms with E-state index in [0.29, 0.717) is 26.8 Å². The molecule has 1 aliphatic heterocycles. The van der Waals surface area contributed by atoms with E-state index < -0.39 is 29.5 Å². The second kappa shape index (κ2) is 9.96. The molecule has 10 heteroatoms. The third-order valence-corrected chi connectivity index (χ3v) is 8.40. The van der Waals surface area contributed by atoms with E-state index in [1.165, 1.54) is 22.3 Å². The Morgan fingerprint density at radius 3 is 2.47 bits per heavy atom. The predicted molar refractivity (Wildman–Crippen MR) is 147 cm³/mol. The Morgan fingerprint density at radius 2 is 1.76 bits per heavy atom. The second-order valence-electron chi connectivity index (χ2n) is 8.68. The summed E-state index contributed by atoms with van der Waals surface area (Å²) in [5.74, 6) is -2.49. The first-order valence-electron chi connectivity index (χ1n) is 11.7. The Bertz CT molecular complexity index is 1660. The number of ether oxygens (including phenoxy) is 1. The fourth-order valence-corrected chi connectivity index (χ4v) is 6.42. The summed E-state index contributed by atoms with van der Waals surface area (Å²) in [6, 6.07) is 12.2.